The van der Waals surface area contributed by atoms with E-state index in [1.807, 2.05) is 30.6 Å². The molecule has 0 fully saturated rings. The van der Waals surface area contributed by atoms with E-state index < -0.39 is 0 Å². The smallest absolute Gasteiger partial charge is 0.0412 e. The molecule has 0 spiro atoms. The predicted octanol–water partition coefficient (Wildman–Crippen LogP) is 4.61. The van der Waals surface area contributed by atoms with E-state index in [-0.39, 0.29) is 0 Å². The number of aromatic nitrogens is 1. The normalized spacial score (nSPS) is 16.6. The van der Waals surface area contributed by atoms with Crippen molar-refractivity contribution in [2.45, 2.75) is 19.3 Å². The van der Waals surface area contributed by atoms with Crippen LogP contribution in [-0.2, 0) is 6.42 Å². The van der Waals surface area contributed by atoms with Crippen molar-refractivity contribution in [3.63, 3.8) is 0 Å². The molecule has 1 aromatic carbocycles. The first-order valence-corrected chi connectivity index (χ1v) is 6.60. The van der Waals surface area contributed by atoms with E-state index in [2.05, 4.69) is 23.2 Å². The summed E-state index contributed by atoms with van der Waals surface area (Å²) in [6.45, 7) is 0. The minimum Gasteiger partial charge on any atom is -0.265 e. The Morgan fingerprint density at radius 2 is 1.89 bits per heavy atom. The van der Waals surface area contributed by atoms with Gasteiger partial charge in [0.2, 0.25) is 0 Å². The minimum atomic E-state index is 0.816. The zero-order valence-corrected chi connectivity index (χ0v) is 10.8. The van der Waals surface area contributed by atoms with Gasteiger partial charge in [-0.2, -0.15) is 0 Å². The molecule has 0 atom stereocenters. The first kappa shape index (κ1) is 11.5. The third-order valence-electron chi connectivity index (χ3n) is 3.36. The van der Waals surface area contributed by atoms with Gasteiger partial charge in [-0.15, -0.1) is 0 Å². The second-order valence-corrected chi connectivity index (χ2v) is 5.04. The number of benzene rings is 1. The minimum absolute atomic E-state index is 0.816. The lowest BCUT2D eigenvalue weighted by Gasteiger charge is -2.19. The Morgan fingerprint density at radius 3 is 2.72 bits per heavy atom. The number of hydrogen-bond donors (Lipinski definition) is 0. The summed E-state index contributed by atoms with van der Waals surface area (Å²) in [5.74, 6) is 0. The lowest BCUT2D eigenvalue weighted by atomic mass is 9.86. The van der Waals surface area contributed by atoms with E-state index in [1.165, 1.54) is 28.7 Å². The van der Waals surface area contributed by atoms with Gasteiger partial charge in [0.25, 0.3) is 0 Å². The SMILES string of the molecule is Clc1ccc2c(c1)C(=Cc1ccncc1)CCC2. The maximum absolute atomic E-state index is 6.11. The van der Waals surface area contributed by atoms with Crippen LogP contribution in [0, 0.1) is 0 Å². The maximum atomic E-state index is 6.11. The number of halogens is 1. The van der Waals surface area contributed by atoms with E-state index in [9.17, 15) is 0 Å². The van der Waals surface area contributed by atoms with Crippen molar-refractivity contribution in [2.75, 3.05) is 0 Å². The molecule has 0 saturated carbocycles. The van der Waals surface area contributed by atoms with Crippen molar-refractivity contribution in [3.05, 3.63) is 64.4 Å². The van der Waals surface area contributed by atoms with Gasteiger partial charge in [-0.3, -0.25) is 4.98 Å². The van der Waals surface area contributed by atoms with Crippen molar-refractivity contribution in [3.8, 4) is 0 Å². The van der Waals surface area contributed by atoms with E-state index >= 15 is 0 Å². The number of aryl methyl sites for hydroxylation is 1. The van der Waals surface area contributed by atoms with Crippen LogP contribution in [0.4, 0.5) is 0 Å². The van der Waals surface area contributed by atoms with Gasteiger partial charge in [-0.25, -0.2) is 0 Å². The number of nitrogens with zero attached hydrogens (tertiary/aromatic N) is 1. The van der Waals surface area contributed by atoms with Gasteiger partial charge in [0, 0.05) is 17.4 Å². The average Bonchev–Trinajstić information content (AvgIpc) is 2.41. The predicted molar refractivity (Wildman–Crippen MR) is 76.5 cm³/mol. The Morgan fingerprint density at radius 1 is 1.06 bits per heavy atom. The number of fused-ring (bicyclic) bond motifs is 1. The van der Waals surface area contributed by atoms with E-state index in [4.69, 9.17) is 11.6 Å². The molecule has 1 aromatic heterocycles. The second-order valence-electron chi connectivity index (χ2n) is 4.61. The van der Waals surface area contributed by atoms with Gasteiger partial charge < -0.3 is 0 Å². The molecule has 1 heterocycles. The van der Waals surface area contributed by atoms with Gasteiger partial charge in [0.1, 0.15) is 0 Å². The Hall–Kier alpha value is -1.60. The number of rotatable bonds is 1. The van der Waals surface area contributed by atoms with Gasteiger partial charge in [0.15, 0.2) is 0 Å². The summed E-state index contributed by atoms with van der Waals surface area (Å²) in [6.07, 6.45) is 9.39. The molecule has 1 aliphatic carbocycles. The summed E-state index contributed by atoms with van der Waals surface area (Å²) >= 11 is 6.11. The molecule has 3 rings (SSSR count). The van der Waals surface area contributed by atoms with Gasteiger partial charge in [-0.1, -0.05) is 23.7 Å². The van der Waals surface area contributed by atoms with Crippen LogP contribution in [-0.4, -0.2) is 4.98 Å². The molecule has 0 aliphatic heterocycles. The van der Waals surface area contributed by atoms with Crippen LogP contribution >= 0.6 is 11.6 Å². The van der Waals surface area contributed by atoms with E-state index in [1.54, 1.807) is 0 Å². The summed E-state index contributed by atoms with van der Waals surface area (Å²) in [4.78, 5) is 4.05. The standard InChI is InChI=1S/C16H14ClN/c17-15-5-4-13-2-1-3-14(16(13)11-15)10-12-6-8-18-9-7-12/h4-11H,1-3H2. The van der Waals surface area contributed by atoms with Crippen molar-refractivity contribution >= 4 is 23.3 Å². The summed E-state index contributed by atoms with van der Waals surface area (Å²) in [5, 5.41) is 0.816. The van der Waals surface area contributed by atoms with Gasteiger partial charge in [-0.05, 0) is 65.8 Å². The van der Waals surface area contributed by atoms with Crippen LogP contribution in [0.3, 0.4) is 0 Å². The van der Waals surface area contributed by atoms with Gasteiger partial charge >= 0.3 is 0 Å². The van der Waals surface area contributed by atoms with E-state index in [0.717, 1.165) is 17.9 Å². The molecule has 0 amide bonds. The molecule has 1 nitrogen and oxygen atoms in total. The number of hydrogen-bond acceptors (Lipinski definition) is 1. The van der Waals surface area contributed by atoms with Crippen molar-refractivity contribution in [1.29, 1.82) is 0 Å². The largest absolute Gasteiger partial charge is 0.265 e. The van der Waals surface area contributed by atoms with Crippen molar-refractivity contribution < 1.29 is 0 Å². The molecule has 90 valence electrons. The fraction of sp³-hybridized carbons (Fsp3) is 0.188. The molecule has 0 bridgehead atoms. The van der Waals surface area contributed by atoms with Crippen LogP contribution in [0.2, 0.25) is 5.02 Å². The molecule has 0 N–H and O–H groups in total. The zero-order valence-electron chi connectivity index (χ0n) is 10.1. The fourth-order valence-corrected chi connectivity index (χ4v) is 2.65. The van der Waals surface area contributed by atoms with E-state index in [0.29, 0.717) is 0 Å². The highest BCUT2D eigenvalue weighted by Gasteiger charge is 2.14. The lowest BCUT2D eigenvalue weighted by molar-refractivity contribution is 0.824. The highest BCUT2D eigenvalue weighted by Crippen LogP contribution is 2.33. The third-order valence-corrected chi connectivity index (χ3v) is 3.59. The fourth-order valence-electron chi connectivity index (χ4n) is 2.48. The Labute approximate surface area is 112 Å². The molecule has 0 saturated heterocycles. The molecule has 1 aliphatic rings. The monoisotopic (exact) mass is 255 g/mol. The highest BCUT2D eigenvalue weighted by molar-refractivity contribution is 6.30. The Kier molecular flexibility index (Phi) is 3.16. The molecule has 0 unspecified atom stereocenters. The topological polar surface area (TPSA) is 12.9 Å². The van der Waals surface area contributed by atoms with Crippen LogP contribution in [0.5, 0.6) is 0 Å². The summed E-state index contributed by atoms with van der Waals surface area (Å²) in [6, 6.07) is 10.3. The summed E-state index contributed by atoms with van der Waals surface area (Å²) in [7, 11) is 0. The van der Waals surface area contributed by atoms with Crippen LogP contribution in [0.1, 0.15) is 29.5 Å². The van der Waals surface area contributed by atoms with Crippen molar-refractivity contribution in [1.82, 2.24) is 4.98 Å². The van der Waals surface area contributed by atoms with Crippen LogP contribution < -0.4 is 0 Å². The third kappa shape index (κ3) is 2.32. The zero-order chi connectivity index (χ0) is 12.4. The number of allylic oxidation sites excluding steroid dienone is 1. The molecule has 0 radical (unpaired) electrons. The lowest BCUT2D eigenvalue weighted by Crippen LogP contribution is -2.01. The Balaban J connectivity index is 2.06. The summed E-state index contributed by atoms with van der Waals surface area (Å²) in [5.41, 5.74) is 5.30. The molecular weight excluding hydrogens is 242 g/mol. The molecular formula is C16H14ClN. The first-order chi connectivity index (χ1) is 8.83. The summed E-state index contributed by atoms with van der Waals surface area (Å²) < 4.78 is 0. The molecule has 2 heteroatoms. The maximum Gasteiger partial charge on any atom is 0.0412 e. The first-order valence-electron chi connectivity index (χ1n) is 6.22. The van der Waals surface area contributed by atoms with Crippen LogP contribution in [0.25, 0.3) is 11.6 Å². The Bertz CT molecular complexity index is 587. The quantitative estimate of drug-likeness (QED) is 0.725. The number of pyridine rings is 1. The second kappa shape index (κ2) is 4.95. The van der Waals surface area contributed by atoms with Gasteiger partial charge in [0.05, 0.1) is 0 Å². The molecule has 18 heavy (non-hydrogen) atoms. The highest BCUT2D eigenvalue weighted by atomic mass is 35.5. The van der Waals surface area contributed by atoms with Crippen molar-refractivity contribution in [2.24, 2.45) is 0 Å². The molecule has 2 aromatic rings. The average molecular weight is 256 g/mol. The van der Waals surface area contributed by atoms with Crippen LogP contribution in [0.15, 0.2) is 42.7 Å².